The molecule has 1 saturated carbocycles. The molecule has 2 aliphatic rings. The molecule has 3 rings (SSSR count). The summed E-state index contributed by atoms with van der Waals surface area (Å²) in [5.41, 5.74) is 0.778. The first-order valence-corrected chi connectivity index (χ1v) is 11.2. The van der Waals surface area contributed by atoms with Crippen LogP contribution in [0.25, 0.3) is 6.08 Å². The third-order valence-electron chi connectivity index (χ3n) is 6.94. The molecule has 3 atom stereocenters. The van der Waals surface area contributed by atoms with Crippen LogP contribution in [0.2, 0.25) is 0 Å². The Bertz CT molecular complexity index is 812. The van der Waals surface area contributed by atoms with E-state index >= 15 is 0 Å². The van der Waals surface area contributed by atoms with Gasteiger partial charge in [-0.2, -0.15) is 0 Å². The Balaban J connectivity index is 1.95. The first kappa shape index (κ1) is 24.6. The van der Waals surface area contributed by atoms with Crippen LogP contribution in [0.1, 0.15) is 38.7 Å². The Morgan fingerprint density at radius 3 is 2.62 bits per heavy atom. The molecule has 7 nitrogen and oxygen atoms in total. The minimum atomic E-state index is -0.149. The number of likely N-dealkylation sites (tertiary alicyclic amines) is 1. The first-order chi connectivity index (χ1) is 15.4. The molecule has 1 aromatic rings. The van der Waals surface area contributed by atoms with Gasteiger partial charge in [0.1, 0.15) is 6.79 Å². The van der Waals surface area contributed by atoms with E-state index in [-0.39, 0.29) is 36.2 Å². The lowest BCUT2D eigenvalue weighted by atomic mass is 9.52. The van der Waals surface area contributed by atoms with Gasteiger partial charge >= 0.3 is 0 Å². The topological polar surface area (TPSA) is 66.5 Å². The Kier molecular flexibility index (Phi) is 8.20. The van der Waals surface area contributed by atoms with Gasteiger partial charge in [0.05, 0.1) is 13.7 Å². The van der Waals surface area contributed by atoms with Crippen molar-refractivity contribution in [1.82, 2.24) is 4.90 Å². The van der Waals surface area contributed by atoms with Crippen LogP contribution in [0.4, 0.5) is 0 Å². The van der Waals surface area contributed by atoms with Gasteiger partial charge in [-0.15, -0.1) is 0 Å². The number of ether oxygens (including phenoxy) is 5. The maximum Gasteiger partial charge on any atom is 0.219 e. The lowest BCUT2D eigenvalue weighted by Crippen LogP contribution is -2.62. The van der Waals surface area contributed by atoms with Crippen molar-refractivity contribution in [2.75, 3.05) is 54.6 Å². The van der Waals surface area contributed by atoms with E-state index in [2.05, 4.69) is 19.1 Å². The summed E-state index contributed by atoms with van der Waals surface area (Å²) in [4.78, 5) is 14.3. The number of nitrogens with zero attached hydrogens (tertiary/aromatic N) is 1. The Labute approximate surface area is 191 Å². The van der Waals surface area contributed by atoms with Gasteiger partial charge in [0.2, 0.25) is 5.91 Å². The zero-order chi connectivity index (χ0) is 23.2. The third-order valence-corrected chi connectivity index (χ3v) is 6.94. The maximum atomic E-state index is 12.3. The van der Waals surface area contributed by atoms with Crippen molar-refractivity contribution in [3.63, 3.8) is 0 Å². The van der Waals surface area contributed by atoms with E-state index in [4.69, 9.17) is 23.7 Å². The summed E-state index contributed by atoms with van der Waals surface area (Å²) in [6.07, 6.45) is 7.64. The summed E-state index contributed by atoms with van der Waals surface area (Å²) >= 11 is 0. The molecule has 2 bridgehead atoms. The van der Waals surface area contributed by atoms with E-state index in [0.717, 1.165) is 31.4 Å². The highest BCUT2D eigenvalue weighted by molar-refractivity contribution is 5.73. The Morgan fingerprint density at radius 1 is 1.16 bits per heavy atom. The number of para-hydroxylation sites is 1. The molecule has 1 aliphatic carbocycles. The van der Waals surface area contributed by atoms with Crippen LogP contribution in [0.5, 0.6) is 11.5 Å². The number of hydrogen-bond acceptors (Lipinski definition) is 6. The number of allylic oxidation sites excluding steroid dienone is 1. The summed E-state index contributed by atoms with van der Waals surface area (Å²) in [7, 11) is 4.87. The minimum Gasteiger partial charge on any atom is -0.492 e. The monoisotopic (exact) mass is 447 g/mol. The lowest BCUT2D eigenvalue weighted by Gasteiger charge is -2.59. The third kappa shape index (κ3) is 5.11. The fraction of sp³-hybridized carbons (Fsp3) is 0.640. The molecular formula is C25H37NO6. The van der Waals surface area contributed by atoms with Gasteiger partial charge in [0, 0.05) is 45.2 Å². The van der Waals surface area contributed by atoms with Gasteiger partial charge < -0.3 is 28.6 Å². The molecule has 1 unspecified atom stereocenters. The summed E-state index contributed by atoms with van der Waals surface area (Å²) in [6.45, 7) is 6.39. The van der Waals surface area contributed by atoms with Gasteiger partial charge in [-0.3, -0.25) is 4.79 Å². The Hall–Kier alpha value is -2.09. The van der Waals surface area contributed by atoms with Gasteiger partial charge in [0.15, 0.2) is 18.3 Å². The van der Waals surface area contributed by atoms with Crippen LogP contribution in [-0.2, 0) is 19.0 Å². The summed E-state index contributed by atoms with van der Waals surface area (Å²) in [5.74, 6) is 1.71. The molecule has 1 saturated heterocycles. The summed E-state index contributed by atoms with van der Waals surface area (Å²) < 4.78 is 27.4. The molecule has 0 spiro atoms. The van der Waals surface area contributed by atoms with Crippen molar-refractivity contribution in [2.24, 2.45) is 16.7 Å². The normalized spacial score (nSPS) is 27.5. The quantitative estimate of drug-likeness (QED) is 0.399. The number of fused-ring (bicyclic) bond motifs is 2. The van der Waals surface area contributed by atoms with E-state index in [1.807, 2.05) is 23.1 Å². The highest BCUT2D eigenvalue weighted by atomic mass is 16.7. The summed E-state index contributed by atoms with van der Waals surface area (Å²) in [5, 5.41) is 0. The zero-order valence-electron chi connectivity index (χ0n) is 20.0. The highest BCUT2D eigenvalue weighted by Gasteiger charge is 2.55. The van der Waals surface area contributed by atoms with Crippen LogP contribution in [-0.4, -0.2) is 65.4 Å². The predicted octanol–water partition coefficient (Wildman–Crippen LogP) is 3.97. The smallest absolute Gasteiger partial charge is 0.219 e. The standard InChI is InChI=1S/C25H37NO6/c1-19(27)26-14-24(2)12-7-13-25(15-26,16-31-17-28-3)22(24)11-10-20-8-6-9-21(23(20)30-5)32-18-29-4/h6,8-11,22H,7,12-18H2,1-5H3/b11-10+/t22-,24+,25?/m1/s1. The van der Waals surface area contributed by atoms with Crippen molar-refractivity contribution in [3.8, 4) is 11.5 Å². The van der Waals surface area contributed by atoms with Crippen LogP contribution in [0, 0.1) is 16.7 Å². The van der Waals surface area contributed by atoms with Crippen LogP contribution >= 0.6 is 0 Å². The molecule has 32 heavy (non-hydrogen) atoms. The van der Waals surface area contributed by atoms with E-state index in [1.54, 1.807) is 28.3 Å². The van der Waals surface area contributed by atoms with Gasteiger partial charge in [0.25, 0.3) is 0 Å². The van der Waals surface area contributed by atoms with Crippen molar-refractivity contribution >= 4 is 12.0 Å². The molecule has 7 heteroatoms. The van der Waals surface area contributed by atoms with Gasteiger partial charge in [-0.05, 0) is 30.2 Å². The predicted molar refractivity (Wildman–Crippen MR) is 122 cm³/mol. The molecule has 1 heterocycles. The van der Waals surface area contributed by atoms with Crippen molar-refractivity contribution in [2.45, 2.75) is 33.1 Å². The number of benzene rings is 1. The second-order valence-electron chi connectivity index (χ2n) is 9.27. The zero-order valence-corrected chi connectivity index (χ0v) is 20.0. The average Bonchev–Trinajstić information content (AvgIpc) is 2.76. The Morgan fingerprint density at radius 2 is 1.94 bits per heavy atom. The second kappa shape index (κ2) is 10.7. The largest absolute Gasteiger partial charge is 0.492 e. The molecule has 0 radical (unpaired) electrons. The highest BCUT2D eigenvalue weighted by Crippen LogP contribution is 2.56. The SMILES string of the molecule is COCOCC12CCC[C@@](C)(CN(C(C)=O)C1)[C@H]2/C=C/c1cccc(OCOC)c1OC. The minimum absolute atomic E-state index is 0.0213. The molecule has 0 aromatic heterocycles. The number of carbonyl (C=O) groups is 1. The maximum absolute atomic E-state index is 12.3. The van der Waals surface area contributed by atoms with Crippen LogP contribution in [0.3, 0.4) is 0 Å². The van der Waals surface area contributed by atoms with Crippen LogP contribution < -0.4 is 9.47 Å². The molecule has 1 aromatic carbocycles. The molecule has 0 N–H and O–H groups in total. The first-order valence-electron chi connectivity index (χ1n) is 11.2. The van der Waals surface area contributed by atoms with Crippen molar-refractivity contribution in [1.29, 1.82) is 0 Å². The van der Waals surface area contributed by atoms with E-state index in [1.165, 1.54) is 0 Å². The number of hydrogen-bond donors (Lipinski definition) is 0. The average molecular weight is 448 g/mol. The molecule has 1 aliphatic heterocycles. The van der Waals surface area contributed by atoms with E-state index < -0.39 is 0 Å². The molecule has 178 valence electrons. The fourth-order valence-corrected chi connectivity index (χ4v) is 5.63. The number of carbonyl (C=O) groups excluding carboxylic acids is 1. The van der Waals surface area contributed by atoms with E-state index in [0.29, 0.717) is 24.7 Å². The molecule has 1 amide bonds. The molecular weight excluding hydrogens is 410 g/mol. The van der Waals surface area contributed by atoms with Crippen molar-refractivity contribution in [3.05, 3.63) is 29.8 Å². The fourth-order valence-electron chi connectivity index (χ4n) is 5.63. The summed E-state index contributed by atoms with van der Waals surface area (Å²) in [6, 6.07) is 5.84. The number of piperidine rings is 1. The number of methoxy groups -OCH3 is 3. The molecule has 2 fully saturated rings. The second-order valence-corrected chi connectivity index (χ2v) is 9.27. The number of rotatable bonds is 10. The van der Waals surface area contributed by atoms with E-state index in [9.17, 15) is 4.79 Å². The number of amides is 1. The van der Waals surface area contributed by atoms with Gasteiger partial charge in [-0.25, -0.2) is 0 Å². The van der Waals surface area contributed by atoms with Gasteiger partial charge in [-0.1, -0.05) is 37.6 Å². The lowest BCUT2D eigenvalue weighted by molar-refractivity contribution is -0.161. The van der Waals surface area contributed by atoms with Crippen LogP contribution in [0.15, 0.2) is 24.3 Å². The van der Waals surface area contributed by atoms with Crippen molar-refractivity contribution < 1.29 is 28.5 Å².